The lowest BCUT2D eigenvalue weighted by atomic mass is 9.95. The van der Waals surface area contributed by atoms with Crippen molar-refractivity contribution in [2.45, 2.75) is 52.4 Å². The SMILES string of the molecule is CCC/C(=C\CC(=O)O)c1ccc(C(=O)N2CCCCC2)c(C)c1. The molecule has 0 atom stereocenters. The number of allylic oxidation sites excluding steroid dienone is 1. The van der Waals surface area contributed by atoms with Gasteiger partial charge in [0.25, 0.3) is 5.91 Å². The second kappa shape index (κ2) is 8.67. The summed E-state index contributed by atoms with van der Waals surface area (Å²) < 4.78 is 0. The van der Waals surface area contributed by atoms with Gasteiger partial charge in [0.15, 0.2) is 0 Å². The molecule has 24 heavy (non-hydrogen) atoms. The molecule has 1 N–H and O–H groups in total. The lowest BCUT2D eigenvalue weighted by Crippen LogP contribution is -2.35. The Hall–Kier alpha value is -2.10. The Morgan fingerprint density at radius 3 is 2.50 bits per heavy atom. The van der Waals surface area contributed by atoms with E-state index < -0.39 is 5.97 Å². The molecular formula is C20H27NO3. The molecule has 0 aliphatic carbocycles. The Kier molecular flexibility index (Phi) is 6.59. The van der Waals surface area contributed by atoms with Gasteiger partial charge < -0.3 is 10.0 Å². The number of rotatable bonds is 6. The average molecular weight is 329 g/mol. The van der Waals surface area contributed by atoms with Crippen LogP contribution in [0.5, 0.6) is 0 Å². The standard InChI is InChI=1S/C20H27NO3/c1-3-7-16(9-11-19(22)23)17-8-10-18(15(2)14-17)20(24)21-12-5-4-6-13-21/h8-10,14H,3-7,11-13H2,1-2H3,(H,22,23)/b16-9+. The summed E-state index contributed by atoms with van der Waals surface area (Å²) in [5, 5.41) is 8.90. The number of aliphatic carboxylic acids is 1. The summed E-state index contributed by atoms with van der Waals surface area (Å²) >= 11 is 0. The third-order valence-electron chi connectivity index (χ3n) is 4.51. The summed E-state index contributed by atoms with van der Waals surface area (Å²) in [4.78, 5) is 25.4. The minimum Gasteiger partial charge on any atom is -0.481 e. The molecule has 0 spiro atoms. The van der Waals surface area contributed by atoms with Crippen molar-refractivity contribution in [2.24, 2.45) is 0 Å². The third-order valence-corrected chi connectivity index (χ3v) is 4.51. The number of nitrogens with zero attached hydrogens (tertiary/aromatic N) is 1. The van der Waals surface area contributed by atoms with E-state index in [0.717, 1.165) is 61.0 Å². The summed E-state index contributed by atoms with van der Waals surface area (Å²) in [5.74, 6) is -0.706. The number of aryl methyl sites for hydroxylation is 1. The highest BCUT2D eigenvalue weighted by atomic mass is 16.4. The lowest BCUT2D eigenvalue weighted by molar-refractivity contribution is -0.136. The van der Waals surface area contributed by atoms with E-state index in [1.165, 1.54) is 6.42 Å². The first kappa shape index (κ1) is 18.2. The average Bonchev–Trinajstić information content (AvgIpc) is 2.58. The topological polar surface area (TPSA) is 57.6 Å². The minimum atomic E-state index is -0.822. The maximum atomic E-state index is 12.7. The number of hydrogen-bond donors (Lipinski definition) is 1. The van der Waals surface area contributed by atoms with Gasteiger partial charge in [-0.2, -0.15) is 0 Å². The number of hydrogen-bond acceptors (Lipinski definition) is 2. The van der Waals surface area contributed by atoms with Crippen LogP contribution >= 0.6 is 0 Å². The van der Waals surface area contributed by atoms with Crippen LogP contribution in [-0.4, -0.2) is 35.0 Å². The van der Waals surface area contributed by atoms with E-state index in [2.05, 4.69) is 6.92 Å². The fourth-order valence-corrected chi connectivity index (χ4v) is 3.21. The van der Waals surface area contributed by atoms with Crippen LogP contribution in [0.15, 0.2) is 24.3 Å². The zero-order valence-electron chi connectivity index (χ0n) is 14.7. The molecule has 1 fully saturated rings. The van der Waals surface area contributed by atoms with Crippen LogP contribution in [0.3, 0.4) is 0 Å². The number of carboxylic acids is 1. The van der Waals surface area contributed by atoms with Gasteiger partial charge in [0.2, 0.25) is 0 Å². The van der Waals surface area contributed by atoms with Crippen LogP contribution in [0.2, 0.25) is 0 Å². The molecule has 1 aliphatic heterocycles. The number of piperidine rings is 1. The van der Waals surface area contributed by atoms with Crippen molar-refractivity contribution in [1.29, 1.82) is 0 Å². The van der Waals surface area contributed by atoms with Crippen molar-refractivity contribution in [1.82, 2.24) is 4.90 Å². The molecule has 1 aromatic rings. The summed E-state index contributed by atoms with van der Waals surface area (Å²) in [6.07, 6.45) is 6.99. The second-order valence-corrected chi connectivity index (χ2v) is 6.46. The molecule has 2 rings (SSSR count). The zero-order chi connectivity index (χ0) is 17.5. The minimum absolute atomic E-state index is 0.0306. The highest BCUT2D eigenvalue weighted by Gasteiger charge is 2.20. The molecule has 130 valence electrons. The van der Waals surface area contributed by atoms with E-state index in [4.69, 9.17) is 5.11 Å². The van der Waals surface area contributed by atoms with Gasteiger partial charge in [-0.25, -0.2) is 0 Å². The quantitative estimate of drug-likeness (QED) is 0.847. The molecule has 4 nitrogen and oxygen atoms in total. The monoisotopic (exact) mass is 329 g/mol. The van der Waals surface area contributed by atoms with Gasteiger partial charge in [-0.15, -0.1) is 0 Å². The van der Waals surface area contributed by atoms with E-state index >= 15 is 0 Å². The van der Waals surface area contributed by atoms with E-state index in [9.17, 15) is 9.59 Å². The molecule has 1 saturated heterocycles. The molecule has 1 aliphatic rings. The highest BCUT2D eigenvalue weighted by molar-refractivity contribution is 5.96. The Morgan fingerprint density at radius 1 is 1.21 bits per heavy atom. The normalized spacial score (nSPS) is 15.4. The van der Waals surface area contributed by atoms with Crippen molar-refractivity contribution in [3.63, 3.8) is 0 Å². The highest BCUT2D eigenvalue weighted by Crippen LogP contribution is 2.24. The van der Waals surface area contributed by atoms with E-state index in [-0.39, 0.29) is 12.3 Å². The first-order chi connectivity index (χ1) is 11.5. The largest absolute Gasteiger partial charge is 0.481 e. The second-order valence-electron chi connectivity index (χ2n) is 6.46. The molecule has 4 heteroatoms. The summed E-state index contributed by atoms with van der Waals surface area (Å²) in [7, 11) is 0. The Morgan fingerprint density at radius 2 is 1.92 bits per heavy atom. The number of likely N-dealkylation sites (tertiary alicyclic amines) is 1. The lowest BCUT2D eigenvalue weighted by Gasteiger charge is -2.27. The van der Waals surface area contributed by atoms with Gasteiger partial charge in [-0.1, -0.05) is 31.6 Å². The Balaban J connectivity index is 2.22. The van der Waals surface area contributed by atoms with Gasteiger partial charge in [-0.05, 0) is 55.4 Å². The van der Waals surface area contributed by atoms with Crippen LogP contribution in [0, 0.1) is 6.92 Å². The predicted molar refractivity (Wildman–Crippen MR) is 96.1 cm³/mol. The first-order valence-electron chi connectivity index (χ1n) is 8.84. The van der Waals surface area contributed by atoms with Crippen LogP contribution in [0.4, 0.5) is 0 Å². The van der Waals surface area contributed by atoms with Gasteiger partial charge >= 0.3 is 5.97 Å². The van der Waals surface area contributed by atoms with Crippen molar-refractivity contribution in [3.05, 3.63) is 41.0 Å². The maximum Gasteiger partial charge on any atom is 0.307 e. The maximum absolute atomic E-state index is 12.7. The van der Waals surface area contributed by atoms with Crippen molar-refractivity contribution < 1.29 is 14.7 Å². The summed E-state index contributed by atoms with van der Waals surface area (Å²) in [5.41, 5.74) is 3.78. The molecule has 0 unspecified atom stereocenters. The molecule has 0 saturated carbocycles. The molecule has 1 aromatic carbocycles. The number of carbonyl (C=O) groups is 2. The third kappa shape index (κ3) is 4.70. The fraction of sp³-hybridized carbons (Fsp3) is 0.500. The van der Waals surface area contributed by atoms with Crippen molar-refractivity contribution >= 4 is 17.4 Å². The molecule has 0 bridgehead atoms. The fourth-order valence-electron chi connectivity index (χ4n) is 3.21. The van der Waals surface area contributed by atoms with Crippen molar-refractivity contribution in [2.75, 3.05) is 13.1 Å². The molecule has 0 radical (unpaired) electrons. The van der Waals surface area contributed by atoms with Gasteiger partial charge in [0.05, 0.1) is 6.42 Å². The van der Waals surface area contributed by atoms with Crippen molar-refractivity contribution in [3.8, 4) is 0 Å². The molecule has 1 heterocycles. The van der Waals surface area contributed by atoms with Crippen LogP contribution in [0.25, 0.3) is 5.57 Å². The zero-order valence-corrected chi connectivity index (χ0v) is 14.7. The number of amides is 1. The van der Waals surface area contributed by atoms with Crippen LogP contribution < -0.4 is 0 Å². The molecular weight excluding hydrogens is 302 g/mol. The van der Waals surface area contributed by atoms with E-state index in [0.29, 0.717) is 0 Å². The molecule has 0 aromatic heterocycles. The Bertz CT molecular complexity index is 628. The molecule has 1 amide bonds. The Labute approximate surface area is 144 Å². The van der Waals surface area contributed by atoms with Gasteiger partial charge in [0.1, 0.15) is 0 Å². The van der Waals surface area contributed by atoms with Crippen LogP contribution in [-0.2, 0) is 4.79 Å². The first-order valence-corrected chi connectivity index (χ1v) is 8.84. The number of carbonyl (C=O) groups excluding carboxylic acids is 1. The van der Waals surface area contributed by atoms with E-state index in [1.807, 2.05) is 30.0 Å². The number of carboxylic acid groups (broad SMARTS) is 1. The van der Waals surface area contributed by atoms with Gasteiger partial charge in [0, 0.05) is 18.7 Å². The number of benzene rings is 1. The van der Waals surface area contributed by atoms with E-state index in [1.54, 1.807) is 6.08 Å². The summed E-state index contributed by atoms with van der Waals surface area (Å²) in [6, 6.07) is 5.86. The van der Waals surface area contributed by atoms with Crippen LogP contribution in [0.1, 0.15) is 66.9 Å². The smallest absolute Gasteiger partial charge is 0.307 e. The van der Waals surface area contributed by atoms with Gasteiger partial charge in [-0.3, -0.25) is 9.59 Å². The predicted octanol–water partition coefficient (Wildman–Crippen LogP) is 4.28. The summed E-state index contributed by atoms with van der Waals surface area (Å²) in [6.45, 7) is 5.73.